The molecule has 0 N–H and O–H groups in total. The Hall–Kier alpha value is -0.343. The number of hydrogen-bond donors (Lipinski definition) is 0. The van der Waals surface area contributed by atoms with Gasteiger partial charge in [-0.25, -0.2) is 0 Å². The van der Waals surface area contributed by atoms with Crippen molar-refractivity contribution in [1.29, 1.82) is 0 Å². The molecule has 0 atom stereocenters. The highest BCUT2D eigenvalue weighted by Crippen LogP contribution is 1.79. The van der Waals surface area contributed by atoms with E-state index in [1.165, 1.54) is 8.95 Å². The minimum absolute atomic E-state index is 1.44. The van der Waals surface area contributed by atoms with Gasteiger partial charge in [0.1, 0.15) is 0 Å². The molecule has 0 heterocycles. The summed E-state index contributed by atoms with van der Waals surface area (Å²) in [6.07, 6.45) is 0. The highest BCUT2D eigenvalue weighted by molar-refractivity contribution is 7.83. The average Bonchev–Trinajstić information content (AvgIpc) is 1.96. The second-order valence-electron chi connectivity index (χ2n) is 1.15. The first kappa shape index (κ1) is 7.66. The summed E-state index contributed by atoms with van der Waals surface area (Å²) in [5, 5.41) is 0. The van der Waals surface area contributed by atoms with Crippen LogP contribution in [-0.2, 0) is 0 Å². The predicted octanol–water partition coefficient (Wildman–Crippen LogP) is 1.42. The number of rotatable bonds is 0. The zero-order valence-electron chi connectivity index (χ0n) is 4.58. The third kappa shape index (κ3) is 3.83. The molecule has 0 aliphatic rings. The molecule has 42 valence electrons. The molecule has 1 aromatic carbocycles. The van der Waals surface area contributed by atoms with E-state index in [0.29, 0.717) is 0 Å². The van der Waals surface area contributed by atoms with E-state index in [4.69, 9.17) is 0 Å². The minimum Gasteiger partial charge on any atom is -0.147 e. The summed E-state index contributed by atoms with van der Waals surface area (Å²) in [5.41, 5.74) is 0. The lowest BCUT2D eigenvalue weighted by molar-refractivity contribution is 1.72. The van der Waals surface area contributed by atoms with Crippen LogP contribution in [0.5, 0.6) is 0 Å². The van der Waals surface area contributed by atoms with E-state index in [0.717, 1.165) is 0 Å². The summed E-state index contributed by atoms with van der Waals surface area (Å²) < 4.78 is 0. The maximum Gasteiger partial charge on any atom is 0.0612 e. The second-order valence-corrected chi connectivity index (χ2v) is 1.15. The molecule has 0 aromatic heterocycles. The molecule has 0 aliphatic heterocycles. The standard InChI is InChI=1S/C6H6.H2SSi/c1-2-4-6-5-3-1;1-2/h1-6H;2H2. The van der Waals surface area contributed by atoms with E-state index in [1.807, 2.05) is 36.4 Å². The summed E-state index contributed by atoms with van der Waals surface area (Å²) >= 11 is 4.11. The van der Waals surface area contributed by atoms with Gasteiger partial charge < -0.3 is 0 Å². The molecule has 2 heteroatoms. The second kappa shape index (κ2) is 6.66. The van der Waals surface area contributed by atoms with Gasteiger partial charge in [-0.15, -0.1) is 11.6 Å². The van der Waals surface area contributed by atoms with Crippen molar-refractivity contribution in [2.75, 3.05) is 0 Å². The summed E-state index contributed by atoms with van der Waals surface area (Å²) in [6, 6.07) is 12.0. The van der Waals surface area contributed by atoms with Crippen LogP contribution in [0.1, 0.15) is 0 Å². The van der Waals surface area contributed by atoms with Gasteiger partial charge in [0.2, 0.25) is 0 Å². The summed E-state index contributed by atoms with van der Waals surface area (Å²) in [4.78, 5) is 0. The fraction of sp³-hybridized carbons (Fsp3) is 0. The predicted molar refractivity (Wildman–Crippen MR) is 42.6 cm³/mol. The highest BCUT2D eigenvalue weighted by Gasteiger charge is 1.57. The zero-order valence-corrected chi connectivity index (χ0v) is 6.81. The fourth-order valence-corrected chi connectivity index (χ4v) is 0.385. The Morgan fingerprint density at radius 2 is 0.750 bits per heavy atom. The van der Waals surface area contributed by atoms with Gasteiger partial charge in [-0.05, 0) is 0 Å². The van der Waals surface area contributed by atoms with E-state index in [9.17, 15) is 0 Å². The Balaban J connectivity index is 0.000000222. The monoisotopic (exact) mass is 140 g/mol. The van der Waals surface area contributed by atoms with Crippen LogP contribution in [0.2, 0.25) is 0 Å². The zero-order chi connectivity index (χ0) is 6.24. The van der Waals surface area contributed by atoms with E-state index in [2.05, 4.69) is 11.6 Å². The van der Waals surface area contributed by atoms with Crippen LogP contribution in [0.4, 0.5) is 0 Å². The molecule has 1 aromatic rings. The van der Waals surface area contributed by atoms with Crippen molar-refractivity contribution < 1.29 is 0 Å². The van der Waals surface area contributed by atoms with Gasteiger partial charge in [-0.1, -0.05) is 36.4 Å². The Labute approximate surface area is 57.5 Å². The lowest BCUT2D eigenvalue weighted by Crippen LogP contribution is -1.47. The molecule has 0 unspecified atom stereocenters. The number of hydrogen-bond acceptors (Lipinski definition) is 1. The average molecular weight is 140 g/mol. The molecule has 0 amide bonds. The van der Waals surface area contributed by atoms with Crippen molar-refractivity contribution in [1.82, 2.24) is 0 Å². The van der Waals surface area contributed by atoms with Gasteiger partial charge >= 0.3 is 0 Å². The molecular weight excluding hydrogens is 132 g/mol. The van der Waals surface area contributed by atoms with Crippen LogP contribution in [-0.4, -0.2) is 8.95 Å². The van der Waals surface area contributed by atoms with E-state index in [-0.39, 0.29) is 0 Å². The Bertz CT molecular complexity index is 91.4. The highest BCUT2D eigenvalue weighted by atomic mass is 32.2. The summed E-state index contributed by atoms with van der Waals surface area (Å²) in [6.45, 7) is 0. The molecule has 0 saturated carbocycles. The Morgan fingerprint density at radius 3 is 0.875 bits per heavy atom. The first-order valence-corrected chi connectivity index (χ1v) is 4.60. The SMILES string of the molecule is [SiH2]=S.c1ccccc1. The lowest BCUT2D eigenvalue weighted by Gasteiger charge is -1.69. The molecule has 0 saturated heterocycles. The molecule has 0 nitrogen and oxygen atoms in total. The van der Waals surface area contributed by atoms with Gasteiger partial charge in [0, 0.05) is 0 Å². The van der Waals surface area contributed by atoms with E-state index >= 15 is 0 Å². The van der Waals surface area contributed by atoms with Gasteiger partial charge in [0.25, 0.3) is 0 Å². The van der Waals surface area contributed by atoms with Gasteiger partial charge in [-0.3, -0.25) is 0 Å². The van der Waals surface area contributed by atoms with Crippen LogP contribution in [0.15, 0.2) is 36.4 Å². The van der Waals surface area contributed by atoms with Crippen molar-refractivity contribution in [2.45, 2.75) is 0 Å². The molecule has 0 aliphatic carbocycles. The molecule has 8 heavy (non-hydrogen) atoms. The van der Waals surface area contributed by atoms with Crippen LogP contribution in [0.3, 0.4) is 0 Å². The number of benzene rings is 1. The smallest absolute Gasteiger partial charge is 0.0612 e. The quantitative estimate of drug-likeness (QED) is 0.491. The summed E-state index contributed by atoms with van der Waals surface area (Å²) in [7, 11) is 1.44. The third-order valence-electron chi connectivity index (χ3n) is 0.667. The van der Waals surface area contributed by atoms with Crippen molar-refractivity contribution in [3.63, 3.8) is 0 Å². The van der Waals surface area contributed by atoms with Crippen molar-refractivity contribution in [3.8, 4) is 0 Å². The van der Waals surface area contributed by atoms with Gasteiger partial charge in [-0.2, -0.15) is 0 Å². The van der Waals surface area contributed by atoms with Crippen LogP contribution in [0, 0.1) is 0 Å². The normalized spacial score (nSPS) is 6.50. The van der Waals surface area contributed by atoms with Crippen molar-refractivity contribution >= 4 is 20.6 Å². The molecule has 0 radical (unpaired) electrons. The molecule has 1 rings (SSSR count). The topological polar surface area (TPSA) is 0 Å². The maximum atomic E-state index is 4.11. The molecule has 0 bridgehead atoms. The lowest BCUT2D eigenvalue weighted by atomic mass is 10.4. The minimum atomic E-state index is 1.44. The molecule has 0 fully saturated rings. The summed E-state index contributed by atoms with van der Waals surface area (Å²) in [5.74, 6) is 0. The third-order valence-corrected chi connectivity index (χ3v) is 0.667. The largest absolute Gasteiger partial charge is 0.147 e. The van der Waals surface area contributed by atoms with Crippen molar-refractivity contribution in [3.05, 3.63) is 36.4 Å². The first-order valence-electron chi connectivity index (χ1n) is 2.29. The molecular formula is C6H8SSi. The van der Waals surface area contributed by atoms with Crippen LogP contribution in [0.25, 0.3) is 0 Å². The Kier molecular flexibility index (Phi) is 6.37. The van der Waals surface area contributed by atoms with Gasteiger partial charge in [0.05, 0.1) is 8.95 Å². The first-order chi connectivity index (χ1) is 4.00. The van der Waals surface area contributed by atoms with Crippen LogP contribution < -0.4 is 0 Å². The fourth-order valence-electron chi connectivity index (χ4n) is 0.385. The molecule has 0 spiro atoms. The van der Waals surface area contributed by atoms with E-state index < -0.39 is 0 Å². The van der Waals surface area contributed by atoms with Crippen molar-refractivity contribution in [2.24, 2.45) is 0 Å². The Morgan fingerprint density at radius 1 is 0.625 bits per heavy atom. The maximum absolute atomic E-state index is 4.11. The van der Waals surface area contributed by atoms with Crippen LogP contribution >= 0.6 is 11.6 Å². The van der Waals surface area contributed by atoms with E-state index in [1.54, 1.807) is 0 Å². The van der Waals surface area contributed by atoms with Gasteiger partial charge in [0.15, 0.2) is 0 Å².